The Morgan fingerprint density at radius 2 is 2.18 bits per heavy atom. The number of carboxylic acids is 1. The van der Waals surface area contributed by atoms with E-state index in [-0.39, 0.29) is 12.0 Å². The predicted molar refractivity (Wildman–Crippen MR) is 63.3 cm³/mol. The number of benzene rings is 1. The van der Waals surface area contributed by atoms with Gasteiger partial charge in [0, 0.05) is 4.47 Å². The lowest BCUT2D eigenvalue weighted by Crippen LogP contribution is -2.40. The van der Waals surface area contributed by atoms with Gasteiger partial charge in [0.05, 0.1) is 5.56 Å². The molecule has 0 aromatic heterocycles. The fraction of sp³-hybridized carbons (Fsp3) is 0.273. The van der Waals surface area contributed by atoms with Crippen LogP contribution in [0, 0.1) is 5.82 Å². The smallest absolute Gasteiger partial charge is 0.326 e. The maximum atomic E-state index is 13.4. The molecule has 92 valence electrons. The minimum absolute atomic E-state index is 0.173. The second-order valence-electron chi connectivity index (χ2n) is 3.40. The minimum atomic E-state index is -1.14. The van der Waals surface area contributed by atoms with E-state index in [0.29, 0.717) is 4.47 Å². The van der Waals surface area contributed by atoms with Gasteiger partial charge in [0.2, 0.25) is 0 Å². The molecule has 0 unspecified atom stereocenters. The van der Waals surface area contributed by atoms with Crippen molar-refractivity contribution in [1.29, 1.82) is 0 Å². The van der Waals surface area contributed by atoms with Crippen molar-refractivity contribution >= 4 is 27.8 Å². The largest absolute Gasteiger partial charge is 0.480 e. The molecular formula is C11H11BrFNO3. The first-order chi connectivity index (χ1) is 7.95. The fourth-order valence-electron chi connectivity index (χ4n) is 1.25. The Morgan fingerprint density at radius 1 is 1.53 bits per heavy atom. The SMILES string of the molecule is CC[C@H](NC(=O)c1ccc(Br)cc1F)C(=O)O. The predicted octanol–water partition coefficient (Wildman–Crippen LogP) is 2.18. The zero-order valence-electron chi connectivity index (χ0n) is 9.04. The lowest BCUT2D eigenvalue weighted by Gasteiger charge is -2.12. The molecule has 0 aliphatic rings. The lowest BCUT2D eigenvalue weighted by molar-refractivity contribution is -0.139. The molecule has 1 aromatic rings. The Balaban J connectivity index is 2.86. The van der Waals surface area contributed by atoms with Gasteiger partial charge >= 0.3 is 5.97 Å². The molecule has 17 heavy (non-hydrogen) atoms. The van der Waals surface area contributed by atoms with Gasteiger partial charge in [-0.15, -0.1) is 0 Å². The molecule has 0 aliphatic heterocycles. The number of hydrogen-bond donors (Lipinski definition) is 2. The van der Waals surface area contributed by atoms with Crippen molar-refractivity contribution in [3.05, 3.63) is 34.1 Å². The van der Waals surface area contributed by atoms with Crippen LogP contribution in [0.25, 0.3) is 0 Å². The van der Waals surface area contributed by atoms with E-state index in [0.717, 1.165) is 6.07 Å². The fourth-order valence-corrected chi connectivity index (χ4v) is 1.58. The number of aliphatic carboxylic acids is 1. The van der Waals surface area contributed by atoms with Gasteiger partial charge < -0.3 is 10.4 Å². The van der Waals surface area contributed by atoms with Crippen LogP contribution in [0.3, 0.4) is 0 Å². The molecule has 0 spiro atoms. The third-order valence-corrected chi connectivity index (χ3v) is 2.68. The number of nitrogens with one attached hydrogen (secondary N) is 1. The highest BCUT2D eigenvalue weighted by molar-refractivity contribution is 9.10. The van der Waals surface area contributed by atoms with Gasteiger partial charge in [0.1, 0.15) is 11.9 Å². The summed E-state index contributed by atoms with van der Waals surface area (Å²) in [5, 5.41) is 11.0. The first-order valence-corrected chi connectivity index (χ1v) is 5.73. The van der Waals surface area contributed by atoms with Crippen molar-refractivity contribution in [2.75, 3.05) is 0 Å². The van der Waals surface area contributed by atoms with E-state index in [4.69, 9.17) is 5.11 Å². The van der Waals surface area contributed by atoms with Gasteiger partial charge in [-0.25, -0.2) is 9.18 Å². The van der Waals surface area contributed by atoms with Crippen LogP contribution in [-0.4, -0.2) is 23.0 Å². The Labute approximate surface area is 106 Å². The second kappa shape index (κ2) is 5.77. The molecule has 6 heteroatoms. The number of hydrogen-bond acceptors (Lipinski definition) is 2. The zero-order chi connectivity index (χ0) is 13.0. The van der Waals surface area contributed by atoms with E-state index in [9.17, 15) is 14.0 Å². The molecule has 1 atom stereocenters. The molecule has 1 aromatic carbocycles. The van der Waals surface area contributed by atoms with Crippen LogP contribution in [0.2, 0.25) is 0 Å². The summed E-state index contributed by atoms with van der Waals surface area (Å²) >= 11 is 3.07. The molecule has 1 amide bonds. The highest BCUT2D eigenvalue weighted by Gasteiger charge is 2.20. The first kappa shape index (κ1) is 13.6. The van der Waals surface area contributed by atoms with Crippen molar-refractivity contribution in [3.63, 3.8) is 0 Å². The number of amides is 1. The molecule has 4 nitrogen and oxygen atoms in total. The highest BCUT2D eigenvalue weighted by atomic mass is 79.9. The van der Waals surface area contributed by atoms with Crippen LogP contribution in [0.5, 0.6) is 0 Å². The summed E-state index contributed by atoms with van der Waals surface area (Å²) in [7, 11) is 0. The van der Waals surface area contributed by atoms with Crippen LogP contribution in [0.1, 0.15) is 23.7 Å². The van der Waals surface area contributed by atoms with Crippen LogP contribution in [0.15, 0.2) is 22.7 Å². The number of rotatable bonds is 4. The molecular weight excluding hydrogens is 293 g/mol. The molecule has 2 N–H and O–H groups in total. The summed E-state index contributed by atoms with van der Waals surface area (Å²) in [4.78, 5) is 22.3. The maximum absolute atomic E-state index is 13.4. The van der Waals surface area contributed by atoms with Crippen molar-refractivity contribution < 1.29 is 19.1 Å². The van der Waals surface area contributed by atoms with Gasteiger partial charge in [-0.3, -0.25) is 4.79 Å². The van der Waals surface area contributed by atoms with Crippen LogP contribution in [0.4, 0.5) is 4.39 Å². The van der Waals surface area contributed by atoms with Gasteiger partial charge in [-0.2, -0.15) is 0 Å². The first-order valence-electron chi connectivity index (χ1n) is 4.94. The highest BCUT2D eigenvalue weighted by Crippen LogP contribution is 2.15. The number of carbonyl (C=O) groups excluding carboxylic acids is 1. The van der Waals surface area contributed by atoms with Crippen molar-refractivity contribution in [2.45, 2.75) is 19.4 Å². The van der Waals surface area contributed by atoms with E-state index in [1.54, 1.807) is 6.92 Å². The molecule has 0 heterocycles. The van der Waals surface area contributed by atoms with Crippen molar-refractivity contribution in [1.82, 2.24) is 5.32 Å². The van der Waals surface area contributed by atoms with E-state index in [2.05, 4.69) is 21.2 Å². The third kappa shape index (κ3) is 3.52. The Morgan fingerprint density at radius 3 is 2.65 bits per heavy atom. The molecule has 0 saturated heterocycles. The summed E-state index contributed by atoms with van der Waals surface area (Å²) in [5.74, 6) is -2.57. The van der Waals surface area contributed by atoms with Crippen LogP contribution >= 0.6 is 15.9 Å². The van der Waals surface area contributed by atoms with Gasteiger partial charge in [0.15, 0.2) is 0 Å². The minimum Gasteiger partial charge on any atom is -0.480 e. The quantitative estimate of drug-likeness (QED) is 0.896. The van der Waals surface area contributed by atoms with Gasteiger partial charge in [-0.1, -0.05) is 22.9 Å². The number of carboxylic acid groups (broad SMARTS) is 1. The standard InChI is InChI=1S/C11H11BrFNO3/c1-2-9(11(16)17)14-10(15)7-4-3-6(12)5-8(7)13/h3-5,9H,2H2,1H3,(H,14,15)(H,16,17)/t9-/m0/s1. The Bertz CT molecular complexity index is 450. The summed E-state index contributed by atoms with van der Waals surface area (Å²) in [6.07, 6.45) is 0.235. The van der Waals surface area contributed by atoms with Crippen molar-refractivity contribution in [2.24, 2.45) is 0 Å². The van der Waals surface area contributed by atoms with E-state index >= 15 is 0 Å². The van der Waals surface area contributed by atoms with Crippen molar-refractivity contribution in [3.8, 4) is 0 Å². The Kier molecular flexibility index (Phi) is 4.62. The monoisotopic (exact) mass is 303 g/mol. The average Bonchev–Trinajstić information content (AvgIpc) is 2.24. The summed E-state index contributed by atoms with van der Waals surface area (Å²) in [6, 6.07) is 2.95. The summed E-state index contributed by atoms with van der Waals surface area (Å²) < 4.78 is 13.9. The Hall–Kier alpha value is -1.43. The second-order valence-corrected chi connectivity index (χ2v) is 4.31. The van der Waals surface area contributed by atoms with Gasteiger partial charge in [-0.05, 0) is 24.6 Å². The van der Waals surface area contributed by atoms with E-state index < -0.39 is 23.7 Å². The van der Waals surface area contributed by atoms with E-state index in [1.165, 1.54) is 12.1 Å². The third-order valence-electron chi connectivity index (χ3n) is 2.19. The normalized spacial score (nSPS) is 11.9. The number of halogens is 2. The average molecular weight is 304 g/mol. The summed E-state index contributed by atoms with van der Waals surface area (Å²) in [6.45, 7) is 1.62. The van der Waals surface area contributed by atoms with Crippen LogP contribution in [-0.2, 0) is 4.79 Å². The zero-order valence-corrected chi connectivity index (χ0v) is 10.6. The molecule has 0 fully saturated rings. The maximum Gasteiger partial charge on any atom is 0.326 e. The topological polar surface area (TPSA) is 66.4 Å². The number of carbonyl (C=O) groups is 2. The molecule has 1 rings (SSSR count). The molecule has 0 saturated carbocycles. The van der Waals surface area contributed by atoms with Gasteiger partial charge in [0.25, 0.3) is 5.91 Å². The molecule has 0 radical (unpaired) electrons. The molecule has 0 aliphatic carbocycles. The van der Waals surface area contributed by atoms with E-state index in [1.807, 2.05) is 0 Å². The van der Waals surface area contributed by atoms with Crippen LogP contribution < -0.4 is 5.32 Å². The summed E-state index contributed by atoms with van der Waals surface area (Å²) in [5.41, 5.74) is -0.173. The molecule has 0 bridgehead atoms. The lowest BCUT2D eigenvalue weighted by atomic mass is 10.1.